The molecule has 1 aromatic heterocycles. The van der Waals surface area contributed by atoms with Gasteiger partial charge in [0.15, 0.2) is 0 Å². The van der Waals surface area contributed by atoms with E-state index in [-0.39, 0.29) is 21.7 Å². The Labute approximate surface area is 170 Å². The Balaban J connectivity index is 1.76. The quantitative estimate of drug-likeness (QED) is 0.484. The third-order valence-corrected chi connectivity index (χ3v) is 6.18. The van der Waals surface area contributed by atoms with Gasteiger partial charge in [-0.15, -0.1) is 0 Å². The van der Waals surface area contributed by atoms with Gasteiger partial charge in [0.1, 0.15) is 0 Å². The number of sulfone groups is 1. The zero-order valence-corrected chi connectivity index (χ0v) is 16.7. The number of aromatic nitrogens is 1. The third kappa shape index (κ3) is 4.07. The summed E-state index contributed by atoms with van der Waals surface area (Å²) < 4.78 is 32.4. The lowest BCUT2D eigenvalue weighted by atomic mass is 10.2. The van der Waals surface area contributed by atoms with Gasteiger partial charge in [0.25, 0.3) is 0 Å². The van der Waals surface area contributed by atoms with Gasteiger partial charge < -0.3 is 9.73 Å². The van der Waals surface area contributed by atoms with Crippen LogP contribution in [-0.4, -0.2) is 13.4 Å². The smallest absolute Gasteiger partial charge is 0.234 e. The molecule has 0 fully saturated rings. The predicted octanol–water partition coefficient (Wildman–Crippen LogP) is 5.09. The lowest BCUT2D eigenvalue weighted by molar-refractivity contribution is 0.576. The van der Waals surface area contributed by atoms with Crippen LogP contribution in [0.2, 0.25) is 0 Å². The summed E-state index contributed by atoms with van der Waals surface area (Å²) in [4.78, 5) is 4.53. The maximum Gasteiger partial charge on any atom is 0.234 e. The maximum atomic E-state index is 13.3. The van der Waals surface area contributed by atoms with Crippen molar-refractivity contribution in [3.05, 3.63) is 96.1 Å². The number of benzene rings is 3. The number of nitrogens with zero attached hydrogens (tertiary/aromatic N) is 1. The first-order chi connectivity index (χ1) is 14.0. The zero-order valence-electron chi connectivity index (χ0n) is 15.9. The lowest BCUT2D eigenvalue weighted by Crippen LogP contribution is -2.07. The Morgan fingerprint density at radius 3 is 2.14 bits per heavy atom. The van der Waals surface area contributed by atoms with Crippen LogP contribution in [0.15, 0.2) is 99.3 Å². The van der Waals surface area contributed by atoms with Crippen molar-refractivity contribution in [3.8, 4) is 11.5 Å². The molecule has 0 saturated heterocycles. The fraction of sp³-hybridized carbons (Fsp3) is 0.0870. The SMILES string of the molecule is Cc1ccc(S(=O)(=O)c2nc(-c3ccccc3)oc2NCc2ccccc2)cc1. The number of aryl methyl sites for hydroxylation is 1. The highest BCUT2D eigenvalue weighted by atomic mass is 32.2. The van der Waals surface area contributed by atoms with Crippen molar-refractivity contribution in [1.82, 2.24) is 4.98 Å². The molecule has 4 aromatic rings. The van der Waals surface area contributed by atoms with Gasteiger partial charge in [0, 0.05) is 12.1 Å². The van der Waals surface area contributed by atoms with E-state index >= 15 is 0 Å². The van der Waals surface area contributed by atoms with Crippen molar-refractivity contribution in [1.29, 1.82) is 0 Å². The number of anilines is 1. The normalized spacial score (nSPS) is 11.3. The van der Waals surface area contributed by atoms with Gasteiger partial charge in [0.2, 0.25) is 26.6 Å². The van der Waals surface area contributed by atoms with Gasteiger partial charge in [0.05, 0.1) is 4.90 Å². The topological polar surface area (TPSA) is 72.2 Å². The molecule has 3 aromatic carbocycles. The molecule has 0 radical (unpaired) electrons. The molecule has 0 unspecified atom stereocenters. The molecule has 6 heteroatoms. The monoisotopic (exact) mass is 404 g/mol. The van der Waals surface area contributed by atoms with E-state index in [1.165, 1.54) is 0 Å². The van der Waals surface area contributed by atoms with Crippen LogP contribution in [0.4, 0.5) is 5.88 Å². The van der Waals surface area contributed by atoms with Crippen molar-refractivity contribution < 1.29 is 12.8 Å². The van der Waals surface area contributed by atoms with Crippen LogP contribution in [0.1, 0.15) is 11.1 Å². The second-order valence-corrected chi connectivity index (χ2v) is 8.54. The number of hydrogen-bond acceptors (Lipinski definition) is 5. The van der Waals surface area contributed by atoms with Gasteiger partial charge in [-0.25, -0.2) is 8.42 Å². The molecule has 0 atom stereocenters. The standard InChI is InChI=1S/C23H20N2O3S/c1-17-12-14-20(15-13-17)29(26,27)23-22(24-16-18-8-4-2-5-9-18)28-21(25-23)19-10-6-3-7-11-19/h2-15,24H,16H2,1H3. The Morgan fingerprint density at radius 2 is 1.48 bits per heavy atom. The molecule has 4 rings (SSSR count). The highest BCUT2D eigenvalue weighted by molar-refractivity contribution is 7.91. The van der Waals surface area contributed by atoms with Crippen LogP contribution in [0.3, 0.4) is 0 Å². The summed E-state index contributed by atoms with van der Waals surface area (Å²) >= 11 is 0. The van der Waals surface area contributed by atoms with Crippen LogP contribution in [0.25, 0.3) is 11.5 Å². The fourth-order valence-electron chi connectivity index (χ4n) is 2.91. The zero-order chi connectivity index (χ0) is 20.3. The molecule has 0 aliphatic heterocycles. The minimum Gasteiger partial charge on any atom is -0.419 e. The van der Waals surface area contributed by atoms with Gasteiger partial charge in [-0.3, -0.25) is 0 Å². The van der Waals surface area contributed by atoms with Gasteiger partial charge in [-0.2, -0.15) is 4.98 Å². The van der Waals surface area contributed by atoms with E-state index in [1.807, 2.05) is 67.6 Å². The van der Waals surface area contributed by atoms with Crippen molar-refractivity contribution in [3.63, 3.8) is 0 Å². The molecule has 29 heavy (non-hydrogen) atoms. The first kappa shape index (κ1) is 19.0. The first-order valence-electron chi connectivity index (χ1n) is 9.20. The average molecular weight is 404 g/mol. The molecular weight excluding hydrogens is 384 g/mol. The summed E-state index contributed by atoms with van der Waals surface area (Å²) in [5.41, 5.74) is 2.70. The largest absolute Gasteiger partial charge is 0.419 e. The fourth-order valence-corrected chi connectivity index (χ4v) is 4.19. The summed E-state index contributed by atoms with van der Waals surface area (Å²) in [6.45, 7) is 2.33. The van der Waals surface area contributed by atoms with Gasteiger partial charge in [-0.1, -0.05) is 66.2 Å². The molecule has 0 saturated carbocycles. The third-order valence-electron chi connectivity index (χ3n) is 4.50. The van der Waals surface area contributed by atoms with E-state index in [2.05, 4.69) is 10.3 Å². The van der Waals surface area contributed by atoms with Crippen molar-refractivity contribution in [2.24, 2.45) is 0 Å². The summed E-state index contributed by atoms with van der Waals surface area (Å²) in [6, 6.07) is 25.6. The van der Waals surface area contributed by atoms with E-state index in [4.69, 9.17) is 4.42 Å². The molecule has 1 heterocycles. The molecule has 0 aliphatic rings. The van der Waals surface area contributed by atoms with E-state index in [0.717, 1.165) is 11.1 Å². The number of rotatable bonds is 6. The second-order valence-electron chi connectivity index (χ2n) is 6.67. The molecule has 146 valence electrons. The van der Waals surface area contributed by atoms with Crippen molar-refractivity contribution in [2.45, 2.75) is 23.4 Å². The van der Waals surface area contributed by atoms with Crippen LogP contribution < -0.4 is 5.32 Å². The van der Waals surface area contributed by atoms with E-state index < -0.39 is 9.84 Å². The molecule has 0 aliphatic carbocycles. The molecule has 0 amide bonds. The number of hydrogen-bond donors (Lipinski definition) is 1. The molecular formula is C23H20N2O3S. The Bertz CT molecular complexity index is 1200. The molecule has 5 nitrogen and oxygen atoms in total. The highest BCUT2D eigenvalue weighted by Gasteiger charge is 2.28. The van der Waals surface area contributed by atoms with Crippen molar-refractivity contribution >= 4 is 15.7 Å². The molecule has 0 bridgehead atoms. The Hall–Kier alpha value is -3.38. The molecule has 0 spiro atoms. The minimum absolute atomic E-state index is 0.115. The van der Waals surface area contributed by atoms with Crippen LogP contribution in [-0.2, 0) is 16.4 Å². The van der Waals surface area contributed by atoms with Gasteiger partial charge >= 0.3 is 0 Å². The van der Waals surface area contributed by atoms with Crippen molar-refractivity contribution in [2.75, 3.05) is 5.32 Å². The molecule has 1 N–H and O–H groups in total. The van der Waals surface area contributed by atoms with E-state index in [0.29, 0.717) is 12.1 Å². The summed E-state index contributed by atoms with van der Waals surface area (Å²) in [5.74, 6) is 0.389. The van der Waals surface area contributed by atoms with E-state index in [9.17, 15) is 8.42 Å². The van der Waals surface area contributed by atoms with Crippen LogP contribution >= 0.6 is 0 Å². The lowest BCUT2D eigenvalue weighted by Gasteiger charge is -2.06. The second kappa shape index (κ2) is 7.93. The summed E-state index contributed by atoms with van der Waals surface area (Å²) in [5, 5.41) is 2.98. The van der Waals surface area contributed by atoms with E-state index in [1.54, 1.807) is 24.3 Å². The average Bonchev–Trinajstić information content (AvgIpc) is 3.19. The number of oxazole rings is 1. The first-order valence-corrected chi connectivity index (χ1v) is 10.7. The summed E-state index contributed by atoms with van der Waals surface area (Å²) in [7, 11) is -3.85. The Kier molecular flexibility index (Phi) is 5.18. The van der Waals surface area contributed by atoms with Gasteiger partial charge in [-0.05, 0) is 36.8 Å². The highest BCUT2D eigenvalue weighted by Crippen LogP contribution is 2.32. The van der Waals surface area contributed by atoms with Crippen LogP contribution in [0, 0.1) is 6.92 Å². The predicted molar refractivity (Wildman–Crippen MR) is 112 cm³/mol. The minimum atomic E-state index is -3.85. The number of nitrogens with one attached hydrogen (secondary N) is 1. The maximum absolute atomic E-state index is 13.3. The van der Waals surface area contributed by atoms with Crippen LogP contribution in [0.5, 0.6) is 0 Å². The Morgan fingerprint density at radius 1 is 0.862 bits per heavy atom. The summed E-state index contributed by atoms with van der Waals surface area (Å²) in [6.07, 6.45) is 0.